The van der Waals surface area contributed by atoms with E-state index in [4.69, 9.17) is 11.6 Å². The Morgan fingerprint density at radius 2 is 1.81 bits per heavy atom. The third-order valence-corrected chi connectivity index (χ3v) is 7.37. The van der Waals surface area contributed by atoms with Gasteiger partial charge in [0.25, 0.3) is 5.91 Å². The fourth-order valence-electron chi connectivity index (χ4n) is 3.61. The largest absolute Gasteiger partial charge is 0.381 e. The summed E-state index contributed by atoms with van der Waals surface area (Å²) in [5.41, 5.74) is 2.75. The Hall–Kier alpha value is -3.16. The van der Waals surface area contributed by atoms with E-state index in [-0.39, 0.29) is 26.1 Å². The van der Waals surface area contributed by atoms with Gasteiger partial charge in [-0.05, 0) is 55.8 Å². The molecule has 2 N–H and O–H groups in total. The molecular formula is C24H20ClFN2O3S. The topological polar surface area (TPSA) is 75.3 Å². The molecular weight excluding hydrogens is 451 g/mol. The summed E-state index contributed by atoms with van der Waals surface area (Å²) in [4.78, 5) is 12.9. The van der Waals surface area contributed by atoms with Gasteiger partial charge in [0.15, 0.2) is 0 Å². The van der Waals surface area contributed by atoms with Crippen LogP contribution < -0.4 is 10.6 Å². The molecule has 0 bridgehead atoms. The monoisotopic (exact) mass is 470 g/mol. The van der Waals surface area contributed by atoms with Crippen molar-refractivity contribution in [1.82, 2.24) is 0 Å². The second kappa shape index (κ2) is 8.41. The van der Waals surface area contributed by atoms with Gasteiger partial charge >= 0.3 is 0 Å². The highest BCUT2D eigenvalue weighted by atomic mass is 35.5. The van der Waals surface area contributed by atoms with E-state index in [0.29, 0.717) is 17.8 Å². The van der Waals surface area contributed by atoms with Crippen LogP contribution in [0.1, 0.15) is 28.4 Å². The Morgan fingerprint density at radius 3 is 2.50 bits per heavy atom. The van der Waals surface area contributed by atoms with Crippen molar-refractivity contribution in [3.8, 4) is 0 Å². The van der Waals surface area contributed by atoms with Gasteiger partial charge in [-0.3, -0.25) is 4.79 Å². The van der Waals surface area contributed by atoms with Crippen molar-refractivity contribution < 1.29 is 17.6 Å². The number of anilines is 2. The quantitative estimate of drug-likeness (QED) is 0.512. The van der Waals surface area contributed by atoms with E-state index in [1.165, 1.54) is 18.2 Å². The van der Waals surface area contributed by atoms with Crippen LogP contribution in [0.2, 0.25) is 5.02 Å². The van der Waals surface area contributed by atoms with Crippen LogP contribution in [-0.2, 0) is 9.84 Å². The molecule has 0 radical (unpaired) electrons. The molecule has 0 spiro atoms. The second-order valence-electron chi connectivity index (χ2n) is 7.53. The first-order valence-corrected chi connectivity index (χ1v) is 11.7. The number of benzene rings is 3. The van der Waals surface area contributed by atoms with Gasteiger partial charge in [0.1, 0.15) is 5.82 Å². The zero-order valence-corrected chi connectivity index (χ0v) is 18.9. The Morgan fingerprint density at radius 1 is 1.09 bits per heavy atom. The molecule has 4 rings (SSSR count). The zero-order valence-electron chi connectivity index (χ0n) is 17.4. The first kappa shape index (κ1) is 22.0. The number of nitrogens with one attached hydrogen (secondary N) is 2. The number of carbonyl (C=O) groups is 1. The van der Waals surface area contributed by atoms with Gasteiger partial charge in [0, 0.05) is 23.5 Å². The molecule has 0 fully saturated rings. The van der Waals surface area contributed by atoms with Crippen molar-refractivity contribution in [3.63, 3.8) is 0 Å². The molecule has 3 aromatic carbocycles. The molecule has 8 heteroatoms. The number of rotatable bonds is 4. The summed E-state index contributed by atoms with van der Waals surface area (Å²) in [6.45, 7) is 4.23. The van der Waals surface area contributed by atoms with Crippen LogP contribution in [0, 0.1) is 12.7 Å². The third kappa shape index (κ3) is 4.01. The number of sulfone groups is 1. The molecule has 1 aliphatic heterocycles. The number of fused-ring (bicyclic) bond motifs is 1. The predicted molar refractivity (Wildman–Crippen MR) is 125 cm³/mol. The van der Waals surface area contributed by atoms with Crippen molar-refractivity contribution in [2.24, 2.45) is 0 Å². The van der Waals surface area contributed by atoms with E-state index < -0.39 is 21.6 Å². The van der Waals surface area contributed by atoms with E-state index in [1.54, 1.807) is 30.3 Å². The molecule has 0 aromatic heterocycles. The fraction of sp³-hybridized carbons (Fsp3) is 0.125. The second-order valence-corrected chi connectivity index (χ2v) is 9.86. The number of halogens is 2. The summed E-state index contributed by atoms with van der Waals surface area (Å²) in [5, 5.41) is 5.70. The maximum absolute atomic E-state index is 14.2. The Balaban J connectivity index is 1.84. The lowest BCUT2D eigenvalue weighted by atomic mass is 10.0. The molecule has 0 unspecified atom stereocenters. The van der Waals surface area contributed by atoms with Gasteiger partial charge < -0.3 is 10.6 Å². The summed E-state index contributed by atoms with van der Waals surface area (Å²) in [5.74, 6) is -1.54. The van der Waals surface area contributed by atoms with Gasteiger partial charge in [0.2, 0.25) is 9.84 Å². The van der Waals surface area contributed by atoms with Crippen molar-refractivity contribution in [2.45, 2.75) is 23.6 Å². The molecule has 0 aliphatic carbocycles. The first-order valence-electron chi connectivity index (χ1n) is 9.84. The molecule has 0 atom stereocenters. The normalized spacial score (nSPS) is 13.1. The minimum absolute atomic E-state index is 0.0372. The van der Waals surface area contributed by atoms with E-state index in [2.05, 4.69) is 10.6 Å². The van der Waals surface area contributed by atoms with E-state index in [9.17, 15) is 17.6 Å². The lowest BCUT2D eigenvalue weighted by Gasteiger charge is -2.22. The van der Waals surface area contributed by atoms with Gasteiger partial charge in [-0.25, -0.2) is 12.8 Å². The molecule has 1 aliphatic rings. The highest BCUT2D eigenvalue weighted by Gasteiger charge is 2.27. The van der Waals surface area contributed by atoms with Crippen molar-refractivity contribution in [1.29, 1.82) is 0 Å². The molecule has 32 heavy (non-hydrogen) atoms. The van der Waals surface area contributed by atoms with Crippen LogP contribution >= 0.6 is 11.6 Å². The molecule has 164 valence electrons. The van der Waals surface area contributed by atoms with Crippen LogP contribution in [0.4, 0.5) is 15.8 Å². The first-order chi connectivity index (χ1) is 15.2. The van der Waals surface area contributed by atoms with Crippen LogP contribution in [0.25, 0.3) is 5.57 Å². The zero-order chi connectivity index (χ0) is 23.0. The lowest BCUT2D eigenvalue weighted by molar-refractivity contribution is 0.102. The minimum Gasteiger partial charge on any atom is -0.381 e. The summed E-state index contributed by atoms with van der Waals surface area (Å²) < 4.78 is 41.2. The van der Waals surface area contributed by atoms with Crippen molar-refractivity contribution >= 4 is 44.3 Å². The lowest BCUT2D eigenvalue weighted by Crippen LogP contribution is -2.17. The van der Waals surface area contributed by atoms with E-state index in [0.717, 1.165) is 17.2 Å². The maximum atomic E-state index is 14.2. The smallest absolute Gasteiger partial charge is 0.260 e. The van der Waals surface area contributed by atoms with Crippen molar-refractivity contribution in [2.75, 3.05) is 17.2 Å². The summed E-state index contributed by atoms with van der Waals surface area (Å²) in [7, 11) is -3.90. The molecule has 3 aromatic rings. The Kier molecular flexibility index (Phi) is 5.79. The number of hydrogen-bond acceptors (Lipinski definition) is 4. The third-order valence-electron chi connectivity index (χ3n) is 5.27. The Labute approximate surface area is 190 Å². The van der Waals surface area contributed by atoms with Crippen molar-refractivity contribution in [3.05, 3.63) is 88.2 Å². The number of carbonyl (C=O) groups excluding carboxylic acids is 1. The molecule has 0 saturated heterocycles. The number of amides is 1. The standard InChI is InChI=1S/C24H20ClFN2O3S/c1-14-6-8-17(9-7-14)32(30,31)21-13-16(12-20-22(21)15(2)10-11-27-20)28-24(29)23-18(25)4-3-5-19(23)26/h3-10,12-13,27H,11H2,1-2H3,(H,28,29). The van der Waals surface area contributed by atoms with Crippen LogP contribution in [0.15, 0.2) is 70.5 Å². The number of allylic oxidation sites excluding steroid dienone is 1. The van der Waals surface area contributed by atoms with Crippen LogP contribution in [0.5, 0.6) is 0 Å². The highest BCUT2D eigenvalue weighted by Crippen LogP contribution is 2.38. The molecule has 0 saturated carbocycles. The van der Waals surface area contributed by atoms with Gasteiger partial charge in [-0.15, -0.1) is 0 Å². The average molecular weight is 471 g/mol. The predicted octanol–water partition coefficient (Wildman–Crippen LogP) is 5.70. The van der Waals surface area contributed by atoms with Gasteiger partial charge in [-0.1, -0.05) is 41.4 Å². The average Bonchev–Trinajstić information content (AvgIpc) is 2.73. The fourth-order valence-corrected chi connectivity index (χ4v) is 5.43. The maximum Gasteiger partial charge on any atom is 0.260 e. The highest BCUT2D eigenvalue weighted by molar-refractivity contribution is 7.91. The molecule has 5 nitrogen and oxygen atoms in total. The molecule has 1 heterocycles. The summed E-state index contributed by atoms with van der Waals surface area (Å²) >= 11 is 6.01. The summed E-state index contributed by atoms with van der Waals surface area (Å²) in [6.07, 6.45) is 1.90. The SMILES string of the molecule is CC1=CCNc2cc(NC(=O)c3c(F)cccc3Cl)cc(S(=O)(=O)c3ccc(C)cc3)c21. The van der Waals surface area contributed by atoms with E-state index >= 15 is 0 Å². The van der Waals surface area contributed by atoms with Crippen LogP contribution in [0.3, 0.4) is 0 Å². The minimum atomic E-state index is -3.90. The number of aryl methyl sites for hydroxylation is 1. The van der Waals surface area contributed by atoms with Crippen LogP contribution in [-0.4, -0.2) is 20.9 Å². The van der Waals surface area contributed by atoms with Gasteiger partial charge in [-0.2, -0.15) is 0 Å². The Bertz CT molecular complexity index is 1350. The van der Waals surface area contributed by atoms with Gasteiger partial charge in [0.05, 0.1) is 20.4 Å². The van der Waals surface area contributed by atoms with E-state index in [1.807, 2.05) is 19.9 Å². The summed E-state index contributed by atoms with van der Waals surface area (Å²) in [6, 6.07) is 13.5. The molecule has 1 amide bonds. The number of hydrogen-bond donors (Lipinski definition) is 2.